The van der Waals surface area contributed by atoms with Gasteiger partial charge in [0.25, 0.3) is 0 Å². The van der Waals surface area contributed by atoms with Crippen LogP contribution in [0, 0.1) is 22.7 Å². The topological polar surface area (TPSA) is 62.4 Å². The highest BCUT2D eigenvalue weighted by molar-refractivity contribution is 6.15. The number of rotatable bonds is 4. The first-order chi connectivity index (χ1) is 27.2. The van der Waals surface area contributed by atoms with Crippen LogP contribution in [-0.4, -0.2) is 13.7 Å². The molecule has 0 aliphatic carbocycles. The lowest BCUT2D eigenvalue weighted by Crippen LogP contribution is -2.01. The summed E-state index contributed by atoms with van der Waals surface area (Å²) in [4.78, 5) is 0. The minimum absolute atomic E-state index is 0.591. The molecule has 3 heterocycles. The molecule has 55 heavy (non-hydrogen) atoms. The fraction of sp³-hybridized carbons (Fsp3) is 0. The van der Waals surface area contributed by atoms with Crippen molar-refractivity contribution in [1.29, 1.82) is 10.5 Å². The predicted octanol–water partition coefficient (Wildman–Crippen LogP) is 12.4. The van der Waals surface area contributed by atoms with E-state index in [-0.39, 0.29) is 0 Å². The number of nitriles is 2. The van der Waals surface area contributed by atoms with Crippen molar-refractivity contribution in [3.8, 4) is 40.3 Å². The second kappa shape index (κ2) is 11.8. The first kappa shape index (κ1) is 30.7. The molecular weight excluding hydrogens is 671 g/mol. The first-order valence-corrected chi connectivity index (χ1v) is 18.3. The van der Waals surface area contributed by atoms with Gasteiger partial charge in [-0.25, -0.2) is 0 Å². The number of aromatic nitrogens is 3. The number of benzene rings is 8. The molecule has 11 rings (SSSR count). The average Bonchev–Trinajstić information content (AvgIpc) is 3.89. The van der Waals surface area contributed by atoms with E-state index in [9.17, 15) is 10.5 Å². The number of para-hydroxylation sites is 5. The molecule has 0 unspecified atom stereocenters. The van der Waals surface area contributed by atoms with Gasteiger partial charge in [0.2, 0.25) is 0 Å². The summed E-state index contributed by atoms with van der Waals surface area (Å²) in [7, 11) is 0. The molecule has 8 aromatic carbocycles. The number of hydrogen-bond donors (Lipinski definition) is 0. The van der Waals surface area contributed by atoms with E-state index < -0.39 is 0 Å². The Balaban J connectivity index is 1.11. The van der Waals surface area contributed by atoms with Crippen LogP contribution in [0.15, 0.2) is 176 Å². The second-order valence-corrected chi connectivity index (χ2v) is 14.0. The molecule has 0 aliphatic heterocycles. The summed E-state index contributed by atoms with van der Waals surface area (Å²) in [5, 5.41) is 27.3. The standard InChI is InChI=1S/C50H29N5/c51-30-32-23-28-48-41(29-32)39-14-4-8-20-46(39)54(48)47-21-9-15-35(42(47)31-52)33-24-26-34(27-25-33)53-43-17-5-3-13-38(43)40-16-10-22-49(50(40)53)55-44-18-6-1-11-36(44)37-12-2-7-19-45(37)55/h1-29H. The lowest BCUT2D eigenvalue weighted by Gasteiger charge is -2.16. The maximum Gasteiger partial charge on any atom is 0.102 e. The lowest BCUT2D eigenvalue weighted by molar-refractivity contribution is 1.13. The van der Waals surface area contributed by atoms with Crippen molar-refractivity contribution >= 4 is 65.4 Å². The number of nitrogens with zero attached hydrogens (tertiary/aromatic N) is 5. The van der Waals surface area contributed by atoms with Crippen LogP contribution in [0.3, 0.4) is 0 Å². The van der Waals surface area contributed by atoms with Gasteiger partial charge in [0, 0.05) is 43.6 Å². The highest BCUT2D eigenvalue weighted by atomic mass is 15.1. The van der Waals surface area contributed by atoms with Gasteiger partial charge >= 0.3 is 0 Å². The van der Waals surface area contributed by atoms with Crippen molar-refractivity contribution < 1.29 is 0 Å². The van der Waals surface area contributed by atoms with Gasteiger partial charge in [-0.2, -0.15) is 10.5 Å². The summed E-state index contributed by atoms with van der Waals surface area (Å²) < 4.78 is 6.93. The van der Waals surface area contributed by atoms with Gasteiger partial charge in [-0.05, 0) is 72.3 Å². The molecule has 0 saturated heterocycles. The zero-order chi connectivity index (χ0) is 36.6. The Morgan fingerprint density at radius 1 is 0.364 bits per heavy atom. The molecule has 0 aliphatic rings. The summed E-state index contributed by atoms with van der Waals surface area (Å²) >= 11 is 0. The molecular formula is C50H29N5. The van der Waals surface area contributed by atoms with Crippen LogP contribution in [0.5, 0.6) is 0 Å². The fourth-order valence-corrected chi connectivity index (χ4v) is 8.81. The Kier molecular flexibility index (Phi) is 6.61. The largest absolute Gasteiger partial charge is 0.308 e. The zero-order valence-corrected chi connectivity index (χ0v) is 29.5. The third-order valence-corrected chi connectivity index (χ3v) is 11.1. The monoisotopic (exact) mass is 699 g/mol. The van der Waals surface area contributed by atoms with Gasteiger partial charge in [0.05, 0.1) is 61.7 Å². The van der Waals surface area contributed by atoms with Crippen LogP contribution < -0.4 is 0 Å². The van der Waals surface area contributed by atoms with Crippen LogP contribution in [0.25, 0.3) is 93.6 Å². The molecule has 254 valence electrons. The Morgan fingerprint density at radius 3 is 1.47 bits per heavy atom. The molecule has 0 saturated carbocycles. The number of hydrogen-bond acceptors (Lipinski definition) is 2. The van der Waals surface area contributed by atoms with Crippen LogP contribution in [0.2, 0.25) is 0 Å². The molecule has 0 fully saturated rings. The summed E-state index contributed by atoms with van der Waals surface area (Å²) in [6, 6.07) is 65.9. The molecule has 5 nitrogen and oxygen atoms in total. The van der Waals surface area contributed by atoms with Gasteiger partial charge in [-0.3, -0.25) is 0 Å². The third-order valence-electron chi connectivity index (χ3n) is 11.1. The quantitative estimate of drug-likeness (QED) is 0.184. The molecule has 0 spiro atoms. The summed E-state index contributed by atoms with van der Waals surface area (Å²) in [5.41, 5.74) is 12.5. The SMILES string of the molecule is N#Cc1ccc2c(c1)c1ccccc1n2-c1cccc(-c2ccc(-n3c4ccccc4c4cccc(-n5c6ccccc6c6ccccc65)c43)cc2)c1C#N. The maximum absolute atomic E-state index is 10.8. The highest BCUT2D eigenvalue weighted by Gasteiger charge is 2.21. The summed E-state index contributed by atoms with van der Waals surface area (Å²) in [6.07, 6.45) is 0. The fourth-order valence-electron chi connectivity index (χ4n) is 8.81. The van der Waals surface area contributed by atoms with Crippen LogP contribution in [0.1, 0.15) is 11.1 Å². The van der Waals surface area contributed by atoms with E-state index in [0.29, 0.717) is 11.1 Å². The van der Waals surface area contributed by atoms with Crippen molar-refractivity contribution in [2.24, 2.45) is 0 Å². The minimum atomic E-state index is 0.591. The third kappa shape index (κ3) is 4.39. The number of fused-ring (bicyclic) bond motifs is 9. The minimum Gasteiger partial charge on any atom is -0.308 e. The lowest BCUT2D eigenvalue weighted by atomic mass is 9.98. The smallest absolute Gasteiger partial charge is 0.102 e. The van der Waals surface area contributed by atoms with Crippen LogP contribution in [0.4, 0.5) is 0 Å². The molecule has 5 heteroatoms. The van der Waals surface area contributed by atoms with Gasteiger partial charge in [0.15, 0.2) is 0 Å². The molecule has 0 atom stereocenters. The van der Waals surface area contributed by atoms with Crippen LogP contribution in [-0.2, 0) is 0 Å². The Bertz CT molecular complexity index is 3400. The normalized spacial score (nSPS) is 11.6. The van der Waals surface area contributed by atoms with Gasteiger partial charge < -0.3 is 13.7 Å². The molecule has 0 bridgehead atoms. The highest BCUT2D eigenvalue weighted by Crippen LogP contribution is 2.41. The van der Waals surface area contributed by atoms with Crippen molar-refractivity contribution in [3.63, 3.8) is 0 Å². The predicted molar refractivity (Wildman–Crippen MR) is 224 cm³/mol. The molecule has 3 aromatic heterocycles. The van der Waals surface area contributed by atoms with E-state index >= 15 is 0 Å². The van der Waals surface area contributed by atoms with Gasteiger partial charge in [0.1, 0.15) is 6.07 Å². The van der Waals surface area contributed by atoms with E-state index in [1.165, 1.54) is 32.6 Å². The van der Waals surface area contributed by atoms with E-state index in [0.717, 1.165) is 61.0 Å². The van der Waals surface area contributed by atoms with Gasteiger partial charge in [-0.1, -0.05) is 109 Å². The van der Waals surface area contributed by atoms with E-state index in [2.05, 4.69) is 153 Å². The van der Waals surface area contributed by atoms with Crippen molar-refractivity contribution in [3.05, 3.63) is 187 Å². The van der Waals surface area contributed by atoms with Crippen molar-refractivity contribution in [2.75, 3.05) is 0 Å². The first-order valence-electron chi connectivity index (χ1n) is 18.3. The Morgan fingerprint density at radius 2 is 0.855 bits per heavy atom. The van der Waals surface area contributed by atoms with Crippen LogP contribution >= 0.6 is 0 Å². The van der Waals surface area contributed by atoms with E-state index in [4.69, 9.17) is 0 Å². The van der Waals surface area contributed by atoms with Gasteiger partial charge in [-0.15, -0.1) is 0 Å². The second-order valence-electron chi connectivity index (χ2n) is 14.0. The summed E-state index contributed by atoms with van der Waals surface area (Å²) in [5.74, 6) is 0. The van der Waals surface area contributed by atoms with E-state index in [1.807, 2.05) is 48.5 Å². The summed E-state index contributed by atoms with van der Waals surface area (Å²) in [6.45, 7) is 0. The van der Waals surface area contributed by atoms with Crippen molar-refractivity contribution in [2.45, 2.75) is 0 Å². The van der Waals surface area contributed by atoms with Crippen molar-refractivity contribution in [1.82, 2.24) is 13.7 Å². The Hall–Kier alpha value is -7.86. The Labute approximate surface area is 316 Å². The molecule has 0 N–H and O–H groups in total. The molecule has 0 amide bonds. The molecule has 11 aromatic rings. The maximum atomic E-state index is 10.8. The average molecular weight is 700 g/mol. The van der Waals surface area contributed by atoms with E-state index in [1.54, 1.807) is 0 Å². The zero-order valence-electron chi connectivity index (χ0n) is 29.5. The molecule has 0 radical (unpaired) electrons.